The van der Waals surface area contributed by atoms with Crippen LogP contribution in [-0.2, 0) is 15.8 Å². The number of aromatic nitrogens is 2. The molecule has 11 nitrogen and oxygen atoms in total. The molecule has 0 spiro atoms. The molecule has 0 saturated carbocycles. The summed E-state index contributed by atoms with van der Waals surface area (Å²) in [5.74, 6) is 0.634. The standard InChI is InChI=1S/C30H36F3N9O2/c1-6-26(44)41-13-12-39(17-23(41)10-11-34)28-24(21(5)37-29(38-28)40-15-22(16-40)36-19(2)3)14-35-42(18-43)25-9-7-8-20(4)27(25)30(31,32)33/h6-9,14,18-19,22-23,36H,1,10,12-13,15-17H2,2-5H3/b35-14-. The van der Waals surface area contributed by atoms with E-state index in [9.17, 15) is 28.0 Å². The summed E-state index contributed by atoms with van der Waals surface area (Å²) >= 11 is 0. The molecule has 1 unspecified atom stereocenters. The van der Waals surface area contributed by atoms with E-state index in [-0.39, 0.29) is 36.9 Å². The van der Waals surface area contributed by atoms with Gasteiger partial charge in [-0.1, -0.05) is 32.6 Å². The number of hydrogen-bond acceptors (Lipinski definition) is 9. The summed E-state index contributed by atoms with van der Waals surface area (Å²) in [4.78, 5) is 39.6. The minimum absolute atomic E-state index is 0.0445. The van der Waals surface area contributed by atoms with Crippen molar-refractivity contribution in [1.82, 2.24) is 20.2 Å². The van der Waals surface area contributed by atoms with Gasteiger partial charge in [0.05, 0.1) is 47.3 Å². The van der Waals surface area contributed by atoms with Gasteiger partial charge < -0.3 is 20.0 Å². The van der Waals surface area contributed by atoms with Crippen molar-refractivity contribution in [1.29, 1.82) is 5.26 Å². The number of amides is 2. The van der Waals surface area contributed by atoms with Crippen molar-refractivity contribution in [2.75, 3.05) is 47.5 Å². The third-order valence-electron chi connectivity index (χ3n) is 7.60. The van der Waals surface area contributed by atoms with Gasteiger partial charge in [0.15, 0.2) is 0 Å². The molecular weight excluding hydrogens is 575 g/mol. The number of carbonyl (C=O) groups excluding carboxylic acids is 2. The fraction of sp³-hybridized carbons (Fsp3) is 0.467. The minimum atomic E-state index is -4.71. The molecule has 1 atom stereocenters. The number of halogens is 3. The van der Waals surface area contributed by atoms with Gasteiger partial charge in [-0.15, -0.1) is 0 Å². The van der Waals surface area contributed by atoms with E-state index >= 15 is 0 Å². The molecule has 2 saturated heterocycles. The average molecular weight is 612 g/mol. The summed E-state index contributed by atoms with van der Waals surface area (Å²) in [5.41, 5.74) is -0.509. The molecule has 2 aliphatic rings. The zero-order valence-corrected chi connectivity index (χ0v) is 25.2. The van der Waals surface area contributed by atoms with E-state index in [0.717, 1.165) is 0 Å². The van der Waals surface area contributed by atoms with E-state index in [1.54, 1.807) is 11.8 Å². The molecular formula is C30H36F3N9O2. The highest BCUT2D eigenvalue weighted by atomic mass is 19.4. The van der Waals surface area contributed by atoms with Gasteiger partial charge in [0, 0.05) is 44.8 Å². The van der Waals surface area contributed by atoms with Gasteiger partial charge in [0.25, 0.3) is 0 Å². The number of benzene rings is 1. The van der Waals surface area contributed by atoms with Crippen LogP contribution in [-0.4, -0.2) is 84.2 Å². The fourth-order valence-corrected chi connectivity index (χ4v) is 5.52. The molecule has 4 rings (SSSR count). The number of rotatable bonds is 10. The molecule has 14 heteroatoms. The lowest BCUT2D eigenvalue weighted by atomic mass is 10.1. The first-order valence-electron chi connectivity index (χ1n) is 14.3. The summed E-state index contributed by atoms with van der Waals surface area (Å²) < 4.78 is 41.8. The molecule has 44 heavy (non-hydrogen) atoms. The third kappa shape index (κ3) is 6.99. The molecule has 234 valence electrons. The predicted octanol–water partition coefficient (Wildman–Crippen LogP) is 3.41. The maximum absolute atomic E-state index is 13.9. The highest BCUT2D eigenvalue weighted by Crippen LogP contribution is 2.39. The lowest BCUT2D eigenvalue weighted by Crippen LogP contribution is -2.60. The van der Waals surface area contributed by atoms with Gasteiger partial charge in [-0.25, -0.2) is 9.99 Å². The highest BCUT2D eigenvalue weighted by molar-refractivity contribution is 5.91. The maximum atomic E-state index is 13.9. The van der Waals surface area contributed by atoms with Crippen LogP contribution in [0.4, 0.5) is 30.6 Å². The number of hydrazone groups is 1. The van der Waals surface area contributed by atoms with Crippen LogP contribution in [0.25, 0.3) is 0 Å². The lowest BCUT2D eigenvalue weighted by molar-refractivity contribution is -0.137. The zero-order valence-electron chi connectivity index (χ0n) is 25.2. The molecule has 0 radical (unpaired) electrons. The van der Waals surface area contributed by atoms with Crippen molar-refractivity contribution >= 4 is 36.0 Å². The Morgan fingerprint density at radius 3 is 2.57 bits per heavy atom. The van der Waals surface area contributed by atoms with Gasteiger partial charge in [-0.2, -0.15) is 28.5 Å². The monoisotopic (exact) mass is 611 g/mol. The zero-order chi connectivity index (χ0) is 32.2. The molecule has 0 aliphatic carbocycles. The van der Waals surface area contributed by atoms with E-state index in [1.807, 2.05) is 9.80 Å². The summed E-state index contributed by atoms with van der Waals surface area (Å²) in [5, 5.41) is 17.7. The van der Waals surface area contributed by atoms with Crippen molar-refractivity contribution < 1.29 is 22.8 Å². The van der Waals surface area contributed by atoms with Crippen LogP contribution in [0.3, 0.4) is 0 Å². The van der Waals surface area contributed by atoms with Crippen LogP contribution < -0.4 is 20.1 Å². The smallest absolute Gasteiger partial charge is 0.352 e. The second kappa shape index (κ2) is 13.4. The molecule has 2 amide bonds. The number of nitriles is 1. The van der Waals surface area contributed by atoms with Crippen molar-refractivity contribution in [2.45, 2.75) is 58.4 Å². The molecule has 0 bridgehead atoms. The Morgan fingerprint density at radius 1 is 1.23 bits per heavy atom. The van der Waals surface area contributed by atoms with Crippen molar-refractivity contribution in [3.8, 4) is 6.07 Å². The second-order valence-electron chi connectivity index (χ2n) is 11.1. The summed E-state index contributed by atoms with van der Waals surface area (Å²) in [6.07, 6.45) is -1.91. The van der Waals surface area contributed by atoms with E-state index in [2.05, 4.69) is 41.9 Å². The summed E-state index contributed by atoms with van der Waals surface area (Å²) in [7, 11) is 0. The molecule has 3 heterocycles. The van der Waals surface area contributed by atoms with Gasteiger partial charge in [0.1, 0.15) is 5.82 Å². The van der Waals surface area contributed by atoms with Gasteiger partial charge in [0.2, 0.25) is 18.3 Å². The van der Waals surface area contributed by atoms with E-state index < -0.39 is 23.5 Å². The lowest BCUT2D eigenvalue weighted by Gasteiger charge is -2.43. The number of nitrogens with one attached hydrogen (secondary N) is 1. The Kier molecular flexibility index (Phi) is 9.88. The Labute approximate surface area is 254 Å². The van der Waals surface area contributed by atoms with E-state index in [0.29, 0.717) is 60.3 Å². The first-order valence-corrected chi connectivity index (χ1v) is 14.3. The first kappa shape index (κ1) is 32.4. The first-order chi connectivity index (χ1) is 20.9. The molecule has 1 aromatic heterocycles. The van der Waals surface area contributed by atoms with Crippen LogP contribution in [0.1, 0.15) is 42.7 Å². The van der Waals surface area contributed by atoms with Crippen LogP contribution in [0.2, 0.25) is 0 Å². The van der Waals surface area contributed by atoms with Gasteiger partial charge in [-0.05, 0) is 31.6 Å². The second-order valence-corrected chi connectivity index (χ2v) is 11.1. The van der Waals surface area contributed by atoms with E-state index in [4.69, 9.17) is 4.98 Å². The molecule has 1 N–H and O–H groups in total. The van der Waals surface area contributed by atoms with E-state index in [1.165, 1.54) is 37.4 Å². The maximum Gasteiger partial charge on any atom is 0.418 e. The largest absolute Gasteiger partial charge is 0.418 e. The Balaban J connectivity index is 1.74. The third-order valence-corrected chi connectivity index (χ3v) is 7.60. The number of anilines is 3. The Bertz CT molecular complexity index is 1460. The fourth-order valence-electron chi connectivity index (χ4n) is 5.52. The Hall–Kier alpha value is -4.51. The SMILES string of the molecule is C=CC(=O)N1CCN(c2nc(N3CC(NC(C)C)C3)nc(C)c2/C=N\N(C=O)c2cccc(C)c2C(F)(F)F)CC1CC#N. The summed E-state index contributed by atoms with van der Waals surface area (Å²) in [6.45, 7) is 13.1. The number of hydrogen-bond donors (Lipinski definition) is 1. The number of piperazine rings is 1. The molecule has 2 aromatic rings. The highest BCUT2D eigenvalue weighted by Gasteiger charge is 2.37. The van der Waals surface area contributed by atoms with Crippen LogP contribution in [0.5, 0.6) is 0 Å². The number of nitrogens with zero attached hydrogens (tertiary/aromatic N) is 8. The van der Waals surface area contributed by atoms with Crippen LogP contribution >= 0.6 is 0 Å². The quantitative estimate of drug-likeness (QED) is 0.188. The van der Waals surface area contributed by atoms with Crippen LogP contribution in [0, 0.1) is 25.2 Å². The normalized spacial score (nSPS) is 17.5. The molecule has 1 aromatic carbocycles. The predicted molar refractivity (Wildman–Crippen MR) is 162 cm³/mol. The Morgan fingerprint density at radius 2 is 1.95 bits per heavy atom. The van der Waals surface area contributed by atoms with Crippen molar-refractivity contribution in [2.24, 2.45) is 5.10 Å². The summed E-state index contributed by atoms with van der Waals surface area (Å²) in [6, 6.07) is 6.21. The van der Waals surface area contributed by atoms with Gasteiger partial charge in [-0.3, -0.25) is 9.59 Å². The number of carbonyl (C=O) groups is 2. The topological polar surface area (TPSA) is 121 Å². The van der Waals surface area contributed by atoms with Crippen molar-refractivity contribution in [3.05, 3.63) is 53.2 Å². The average Bonchev–Trinajstić information content (AvgIpc) is 2.94. The minimum Gasteiger partial charge on any atom is -0.352 e. The van der Waals surface area contributed by atoms with Gasteiger partial charge >= 0.3 is 6.18 Å². The molecule has 2 fully saturated rings. The number of alkyl halides is 3. The number of aryl methyl sites for hydroxylation is 2. The van der Waals surface area contributed by atoms with Crippen molar-refractivity contribution in [3.63, 3.8) is 0 Å². The van der Waals surface area contributed by atoms with Crippen LogP contribution in [0.15, 0.2) is 36.0 Å². The molecule has 2 aliphatic heterocycles.